The molecule has 3 aromatic rings. The first-order chi connectivity index (χ1) is 15.4. The van der Waals surface area contributed by atoms with E-state index in [1.54, 1.807) is 21.3 Å². The third kappa shape index (κ3) is 4.92. The summed E-state index contributed by atoms with van der Waals surface area (Å²) in [6, 6.07) is 25.9. The summed E-state index contributed by atoms with van der Waals surface area (Å²) in [6.07, 6.45) is 2.20. The first-order valence-corrected chi connectivity index (χ1v) is 14.1. The Balaban J connectivity index is 1.75. The van der Waals surface area contributed by atoms with E-state index in [0.717, 1.165) is 30.1 Å². The Labute approximate surface area is 213 Å². The molecule has 168 valence electrons. The Hall–Kier alpha value is -1.38. The van der Waals surface area contributed by atoms with E-state index in [2.05, 4.69) is 105 Å². The molecule has 1 aliphatic heterocycles. The Kier molecular flexibility index (Phi) is 7.32. The molecule has 1 saturated heterocycles. The minimum absolute atomic E-state index is 0.0298. The molecule has 0 aliphatic carbocycles. The van der Waals surface area contributed by atoms with Crippen molar-refractivity contribution in [3.05, 3.63) is 89.5 Å². The first kappa shape index (κ1) is 23.8. The molecule has 1 fully saturated rings. The maximum atomic E-state index is 5.41. The molecule has 2 unspecified atom stereocenters. The van der Waals surface area contributed by atoms with E-state index in [4.69, 9.17) is 14.2 Å². The molecule has 0 saturated carbocycles. The summed E-state index contributed by atoms with van der Waals surface area (Å²) < 4.78 is 16.3. The van der Waals surface area contributed by atoms with Gasteiger partial charge in [-0.25, -0.2) is 0 Å². The van der Waals surface area contributed by atoms with Crippen LogP contribution in [0.15, 0.2) is 72.8 Å². The number of benzene rings is 3. The number of rotatable bonds is 6. The van der Waals surface area contributed by atoms with Crippen LogP contribution in [0.25, 0.3) is 0 Å². The van der Waals surface area contributed by atoms with Crippen molar-refractivity contribution in [2.45, 2.75) is 25.2 Å². The third-order valence-corrected chi connectivity index (χ3v) is 13.0. The van der Waals surface area contributed by atoms with Crippen LogP contribution in [-0.4, -0.2) is 68.3 Å². The number of hydrogen-bond acceptors (Lipinski definition) is 3. The van der Waals surface area contributed by atoms with E-state index >= 15 is 0 Å². The second kappa shape index (κ2) is 9.85. The number of ether oxygens (including phenoxy) is 3. The van der Waals surface area contributed by atoms with Crippen LogP contribution in [0.2, 0.25) is 0 Å². The fraction of sp³-hybridized carbons (Fsp3) is 0.308. The van der Waals surface area contributed by atoms with Crippen LogP contribution in [0.4, 0.5) is 0 Å². The van der Waals surface area contributed by atoms with Crippen LogP contribution < -0.4 is 14.2 Å². The van der Waals surface area contributed by atoms with Crippen LogP contribution >= 0.6 is 0 Å². The first-order valence-electron chi connectivity index (χ1n) is 10.5. The van der Waals surface area contributed by atoms with Crippen molar-refractivity contribution < 1.29 is 14.2 Å². The van der Waals surface area contributed by atoms with Gasteiger partial charge in [-0.1, -0.05) is 0 Å². The molecule has 32 heavy (non-hydrogen) atoms. The average molecular weight is 625 g/mol. The summed E-state index contributed by atoms with van der Waals surface area (Å²) in [5.74, 6) is 3.13. The van der Waals surface area contributed by atoms with Gasteiger partial charge in [0.2, 0.25) is 0 Å². The molecule has 1 aliphatic rings. The summed E-state index contributed by atoms with van der Waals surface area (Å²) in [5.41, 5.74) is 4.09. The van der Waals surface area contributed by atoms with Crippen LogP contribution in [-0.2, 0) is 6.42 Å². The van der Waals surface area contributed by atoms with Crippen molar-refractivity contribution in [3.8, 4) is 17.2 Å². The SMILES string of the molecule is COc1ccc(C2CC([SeH])(c3ccc(OC)cc3)[Se]C([SeH])(c3ccc(OC)cc3)C2)cc1. The van der Waals surface area contributed by atoms with Gasteiger partial charge < -0.3 is 0 Å². The van der Waals surface area contributed by atoms with Crippen molar-refractivity contribution in [1.29, 1.82) is 0 Å². The molecule has 1 heterocycles. The second-order valence-electron chi connectivity index (χ2n) is 8.01. The molecule has 0 spiro atoms. The Bertz CT molecular complexity index is 976. The summed E-state index contributed by atoms with van der Waals surface area (Å²) >= 11 is 6.38. The van der Waals surface area contributed by atoms with E-state index in [9.17, 15) is 0 Å². The third-order valence-electron chi connectivity index (χ3n) is 6.05. The van der Waals surface area contributed by atoms with Crippen molar-refractivity contribution in [2.75, 3.05) is 21.3 Å². The molecule has 0 radical (unpaired) electrons. The zero-order chi connectivity index (χ0) is 22.8. The van der Waals surface area contributed by atoms with Gasteiger partial charge in [0.05, 0.1) is 0 Å². The van der Waals surface area contributed by atoms with Gasteiger partial charge >= 0.3 is 214 Å². The van der Waals surface area contributed by atoms with Gasteiger partial charge in [0.1, 0.15) is 0 Å². The zero-order valence-electron chi connectivity index (χ0n) is 18.4. The summed E-state index contributed by atoms with van der Waals surface area (Å²) in [6.45, 7) is 0. The predicted octanol–water partition coefficient (Wildman–Crippen LogP) is 3.80. The molecule has 0 bridgehead atoms. The number of hydrogen-bond donors (Lipinski definition) is 0. The fourth-order valence-corrected chi connectivity index (χ4v) is 14.4. The molecule has 3 nitrogen and oxygen atoms in total. The van der Waals surface area contributed by atoms with E-state index in [1.807, 2.05) is 0 Å². The van der Waals surface area contributed by atoms with Crippen LogP contribution in [0, 0.1) is 0 Å². The monoisotopic (exact) mass is 628 g/mol. The average Bonchev–Trinajstić information content (AvgIpc) is 2.83. The van der Waals surface area contributed by atoms with Gasteiger partial charge in [0, 0.05) is 0 Å². The van der Waals surface area contributed by atoms with E-state index in [-0.39, 0.29) is 6.42 Å². The molecule has 6 heteroatoms. The Morgan fingerprint density at radius 2 is 0.969 bits per heavy atom. The van der Waals surface area contributed by atoms with Gasteiger partial charge in [-0.2, -0.15) is 0 Å². The van der Waals surface area contributed by atoms with Crippen molar-refractivity contribution in [1.82, 2.24) is 0 Å². The van der Waals surface area contributed by atoms with Gasteiger partial charge in [0.15, 0.2) is 0 Å². The summed E-state index contributed by atoms with van der Waals surface area (Å²) in [7, 11) is 5.15. The Morgan fingerprint density at radius 1 is 0.625 bits per heavy atom. The van der Waals surface area contributed by atoms with Gasteiger partial charge in [-0.3, -0.25) is 0 Å². The molecular formula is C26H28O3Se3. The predicted molar refractivity (Wildman–Crippen MR) is 134 cm³/mol. The van der Waals surface area contributed by atoms with Crippen LogP contribution in [0.1, 0.15) is 35.4 Å². The molecule has 2 atom stereocenters. The molecule has 0 aromatic heterocycles. The molecule has 4 rings (SSSR count). The fourth-order valence-electron chi connectivity index (χ4n) is 4.27. The van der Waals surface area contributed by atoms with Gasteiger partial charge in [-0.15, -0.1) is 0 Å². The molecule has 3 aromatic carbocycles. The van der Waals surface area contributed by atoms with Gasteiger partial charge in [0.25, 0.3) is 0 Å². The van der Waals surface area contributed by atoms with Crippen molar-refractivity contribution in [3.63, 3.8) is 0 Å². The topological polar surface area (TPSA) is 27.7 Å². The zero-order valence-corrected chi connectivity index (χ0v) is 23.9. The minimum atomic E-state index is 0.0298. The number of methoxy groups -OCH3 is 3. The summed E-state index contributed by atoms with van der Waals surface area (Å²) in [4.78, 5) is 0. The maximum absolute atomic E-state index is 5.41. The Morgan fingerprint density at radius 3 is 1.31 bits per heavy atom. The normalized spacial score (nSPS) is 25.2. The molecular weight excluding hydrogens is 597 g/mol. The molecule has 0 N–H and O–H groups in total. The molecule has 0 amide bonds. The van der Waals surface area contributed by atoms with Crippen LogP contribution in [0.3, 0.4) is 0 Å². The van der Waals surface area contributed by atoms with E-state index < -0.39 is 0 Å². The van der Waals surface area contributed by atoms with Crippen LogP contribution in [0.5, 0.6) is 17.2 Å². The van der Waals surface area contributed by atoms with E-state index in [0.29, 0.717) is 20.9 Å². The summed E-state index contributed by atoms with van der Waals surface area (Å²) in [5, 5.41) is 0. The standard InChI is InChI=1S/C26H28O3Se3/c1-27-22-10-4-18(5-11-22)19-16-25(30,20-6-12-23(28-2)13-7-20)32-26(31,17-19)21-8-14-24(29-3)15-9-21/h4-15,19,30-31H,16-17H2,1-3H3. The van der Waals surface area contributed by atoms with Gasteiger partial charge in [-0.05, 0) is 0 Å². The van der Waals surface area contributed by atoms with Crippen molar-refractivity contribution >= 4 is 47.0 Å². The van der Waals surface area contributed by atoms with E-state index in [1.165, 1.54) is 16.7 Å². The van der Waals surface area contributed by atoms with Crippen molar-refractivity contribution in [2.24, 2.45) is 0 Å². The second-order valence-corrected chi connectivity index (χ2v) is 17.5. The quantitative estimate of drug-likeness (QED) is 0.391.